The molecule has 2 aromatic carbocycles. The molecule has 7 N–H and O–H groups in total. The maximum atomic E-state index is 13.8. The molecule has 5 rings (SSSR count). The summed E-state index contributed by atoms with van der Waals surface area (Å²) in [4.78, 5) is 52.6. The molecule has 5 atom stereocenters. The number of hydrogen-bond acceptors (Lipinski definition) is 10. The van der Waals surface area contributed by atoms with Crippen LogP contribution in [0.2, 0.25) is 0 Å². The maximum Gasteiger partial charge on any atom is 0.255 e. The van der Waals surface area contributed by atoms with Gasteiger partial charge in [-0.3, -0.25) is 24.1 Å². The molecule has 0 aliphatic heterocycles. The van der Waals surface area contributed by atoms with Crippen LogP contribution in [0.3, 0.4) is 0 Å². The first kappa shape index (κ1) is 28.0. The van der Waals surface area contributed by atoms with Crippen LogP contribution in [-0.4, -0.2) is 85.5 Å². The van der Waals surface area contributed by atoms with Crippen molar-refractivity contribution < 1.29 is 44.7 Å². The van der Waals surface area contributed by atoms with E-state index in [4.69, 9.17) is 5.73 Å². The van der Waals surface area contributed by atoms with E-state index >= 15 is 0 Å². The quantitative estimate of drug-likeness (QED) is 0.234. The summed E-state index contributed by atoms with van der Waals surface area (Å²) >= 11 is 0. The molecule has 11 nitrogen and oxygen atoms in total. The van der Waals surface area contributed by atoms with E-state index in [2.05, 4.69) is 0 Å². The molecule has 41 heavy (non-hydrogen) atoms. The van der Waals surface area contributed by atoms with Gasteiger partial charge >= 0.3 is 0 Å². The molecule has 3 aliphatic carbocycles. The third-order valence-electron chi connectivity index (χ3n) is 8.17. The number of rotatable bonds is 4. The molecule has 0 spiro atoms. The first-order valence-electron chi connectivity index (χ1n) is 12.7. The first-order valence-corrected chi connectivity index (χ1v) is 12.7. The average molecular weight is 561 g/mol. The van der Waals surface area contributed by atoms with Crippen molar-refractivity contribution in [2.24, 2.45) is 17.6 Å². The van der Waals surface area contributed by atoms with Gasteiger partial charge in [0.2, 0.25) is 5.78 Å². The van der Waals surface area contributed by atoms with Gasteiger partial charge in [0.25, 0.3) is 5.91 Å². The van der Waals surface area contributed by atoms with Crippen molar-refractivity contribution in [3.63, 3.8) is 0 Å². The number of likely N-dealkylation sites (N-methyl/N-ethyl adjacent to an activating group) is 1. The number of phenols is 1. The number of ketones is 3. The minimum absolute atomic E-state index is 0.153. The lowest BCUT2D eigenvalue weighted by Gasteiger charge is -2.52. The molecular weight excluding hydrogens is 532 g/mol. The zero-order chi connectivity index (χ0) is 30.1. The molecule has 0 bridgehead atoms. The normalized spacial score (nSPS) is 28.5. The number of Topliss-reactive ketones (excluding diaryl/α,β-unsaturated/α-hetero) is 3. The number of nitrogens with two attached hydrogens (primary N) is 1. The van der Waals surface area contributed by atoms with Crippen molar-refractivity contribution in [3.05, 3.63) is 87.4 Å². The van der Waals surface area contributed by atoms with Crippen LogP contribution in [0.15, 0.2) is 65.1 Å². The van der Waals surface area contributed by atoms with Crippen LogP contribution >= 0.6 is 0 Å². The summed E-state index contributed by atoms with van der Waals surface area (Å²) in [6.07, 6.45) is -0.180. The zero-order valence-corrected chi connectivity index (χ0v) is 22.3. The van der Waals surface area contributed by atoms with Gasteiger partial charge in [0, 0.05) is 11.5 Å². The summed E-state index contributed by atoms with van der Waals surface area (Å²) in [6.45, 7) is 1.42. The SMILES string of the molecule is CC(=O)c1ccc(/C=C2\c3cccc(O)c3C(=O)C3=C(O)[C@]4(O)C(=O)C(C(N)=O)=C(O)[C@@H](N(C)C)[C@@H]4[C@@H](O)[C@@H]32)cc1. The Labute approximate surface area is 234 Å². The van der Waals surface area contributed by atoms with E-state index in [0.29, 0.717) is 11.1 Å². The summed E-state index contributed by atoms with van der Waals surface area (Å²) in [6, 6.07) is 9.37. The lowest BCUT2D eigenvalue weighted by molar-refractivity contribution is -0.159. The second kappa shape index (κ2) is 9.51. The Morgan fingerprint density at radius 2 is 1.66 bits per heavy atom. The Morgan fingerprint density at radius 3 is 2.22 bits per heavy atom. The van der Waals surface area contributed by atoms with Gasteiger partial charge in [-0.15, -0.1) is 0 Å². The molecule has 0 heterocycles. The van der Waals surface area contributed by atoms with Gasteiger partial charge in [-0.05, 0) is 43.8 Å². The van der Waals surface area contributed by atoms with Crippen LogP contribution in [0.25, 0.3) is 11.6 Å². The number of primary amides is 1. The summed E-state index contributed by atoms with van der Waals surface area (Å²) in [5.41, 5.74) is 2.09. The Bertz CT molecular complexity index is 1630. The molecule has 0 saturated carbocycles. The fourth-order valence-corrected chi connectivity index (χ4v) is 6.31. The summed E-state index contributed by atoms with van der Waals surface area (Å²) in [5, 5.41) is 56.9. The highest BCUT2D eigenvalue weighted by molar-refractivity contribution is 6.25. The van der Waals surface area contributed by atoms with Gasteiger partial charge in [0.05, 0.1) is 29.2 Å². The number of aliphatic hydroxyl groups excluding tert-OH is 3. The minimum atomic E-state index is -3.01. The van der Waals surface area contributed by atoms with Crippen LogP contribution in [0.5, 0.6) is 5.75 Å². The molecule has 11 heteroatoms. The van der Waals surface area contributed by atoms with Gasteiger partial charge in [0.1, 0.15) is 22.8 Å². The summed E-state index contributed by atoms with van der Waals surface area (Å²) in [7, 11) is 2.93. The number of aliphatic hydroxyl groups is 4. The minimum Gasteiger partial charge on any atom is -0.510 e. The van der Waals surface area contributed by atoms with Gasteiger partial charge in [-0.1, -0.05) is 42.5 Å². The number of fused-ring (bicyclic) bond motifs is 3. The number of aromatic hydroxyl groups is 1. The van der Waals surface area contributed by atoms with Gasteiger partial charge < -0.3 is 31.3 Å². The van der Waals surface area contributed by atoms with E-state index in [1.807, 2.05) is 0 Å². The Morgan fingerprint density at radius 1 is 1.02 bits per heavy atom. The monoisotopic (exact) mass is 560 g/mol. The van der Waals surface area contributed by atoms with Crippen LogP contribution in [-0.2, 0) is 9.59 Å². The van der Waals surface area contributed by atoms with Crippen molar-refractivity contribution in [2.75, 3.05) is 14.1 Å². The zero-order valence-electron chi connectivity index (χ0n) is 22.3. The number of carbonyl (C=O) groups excluding carboxylic acids is 4. The molecule has 0 fully saturated rings. The maximum absolute atomic E-state index is 13.8. The fraction of sp³-hybridized carbons (Fsp3) is 0.267. The van der Waals surface area contributed by atoms with Crippen molar-refractivity contribution in [3.8, 4) is 5.75 Å². The third kappa shape index (κ3) is 3.85. The van der Waals surface area contributed by atoms with Crippen LogP contribution in [0.1, 0.15) is 38.8 Å². The van der Waals surface area contributed by atoms with E-state index in [9.17, 15) is 44.7 Å². The molecule has 0 unspecified atom stereocenters. The molecule has 2 aromatic rings. The standard InChI is InChI=1S/C30H28N2O9/c1-12(33)14-9-7-13(8-10-14)11-16-15-5-4-6-17(34)18(15)24(35)20-19(16)25(36)22-23(32(2)3)26(37)21(29(31)40)28(39)30(22,41)27(20)38/h4-11,19,22-23,25,34,36-38,41H,1-3H3,(H2,31,40)/b16-11+/t19-,22-,23+,25+,30+/m1/s1. The molecule has 1 amide bonds. The number of benzene rings is 2. The van der Waals surface area contributed by atoms with Crippen molar-refractivity contribution in [2.45, 2.75) is 24.7 Å². The number of hydrogen-bond donors (Lipinski definition) is 6. The van der Waals surface area contributed by atoms with Crippen LogP contribution in [0, 0.1) is 11.8 Å². The Kier molecular flexibility index (Phi) is 6.49. The fourth-order valence-electron chi connectivity index (χ4n) is 6.31. The molecule has 212 valence electrons. The van der Waals surface area contributed by atoms with E-state index in [1.165, 1.54) is 38.1 Å². The largest absolute Gasteiger partial charge is 0.510 e. The molecule has 3 aliphatic rings. The number of amides is 1. The van der Waals surface area contributed by atoms with Gasteiger partial charge in [0.15, 0.2) is 17.2 Å². The van der Waals surface area contributed by atoms with Crippen molar-refractivity contribution in [1.82, 2.24) is 4.90 Å². The number of phenolic OH excluding ortho intramolecular Hbond substituents is 1. The molecule has 0 radical (unpaired) electrons. The lowest BCUT2D eigenvalue weighted by Crippen LogP contribution is -2.68. The van der Waals surface area contributed by atoms with Crippen molar-refractivity contribution >= 4 is 34.9 Å². The van der Waals surface area contributed by atoms with Crippen molar-refractivity contribution in [1.29, 1.82) is 0 Å². The van der Waals surface area contributed by atoms with Crippen LogP contribution < -0.4 is 5.73 Å². The molecule has 0 aromatic heterocycles. The predicted molar refractivity (Wildman–Crippen MR) is 146 cm³/mol. The molecular formula is C30H28N2O9. The average Bonchev–Trinajstić information content (AvgIpc) is 2.90. The van der Waals surface area contributed by atoms with E-state index < -0.39 is 75.5 Å². The van der Waals surface area contributed by atoms with Crippen LogP contribution in [0.4, 0.5) is 0 Å². The van der Waals surface area contributed by atoms with Gasteiger partial charge in [-0.2, -0.15) is 0 Å². The summed E-state index contributed by atoms with van der Waals surface area (Å²) in [5.74, 6) is -9.26. The highest BCUT2D eigenvalue weighted by Crippen LogP contribution is 2.55. The smallest absolute Gasteiger partial charge is 0.255 e. The number of nitrogens with zero attached hydrogens (tertiary/aromatic N) is 1. The highest BCUT2D eigenvalue weighted by Gasteiger charge is 2.67. The van der Waals surface area contributed by atoms with E-state index in [-0.39, 0.29) is 22.5 Å². The highest BCUT2D eigenvalue weighted by atomic mass is 16.4. The van der Waals surface area contributed by atoms with E-state index in [0.717, 1.165) is 0 Å². The molecule has 0 saturated heterocycles. The number of carbonyl (C=O) groups is 4. The lowest BCUT2D eigenvalue weighted by atomic mass is 9.56. The second-order valence-electron chi connectivity index (χ2n) is 10.7. The predicted octanol–water partition coefficient (Wildman–Crippen LogP) is 1.29. The first-order chi connectivity index (χ1) is 19.2. The summed E-state index contributed by atoms with van der Waals surface area (Å²) < 4.78 is 0. The second-order valence-corrected chi connectivity index (χ2v) is 10.7. The Balaban J connectivity index is 1.84. The Hall–Kier alpha value is -4.58. The van der Waals surface area contributed by atoms with E-state index in [1.54, 1.807) is 36.4 Å². The topological polar surface area (TPSA) is 199 Å². The van der Waals surface area contributed by atoms with Gasteiger partial charge in [-0.25, -0.2) is 0 Å². The third-order valence-corrected chi connectivity index (χ3v) is 8.17.